The third kappa shape index (κ3) is 4.88. The van der Waals surface area contributed by atoms with Crippen LogP contribution in [0.2, 0.25) is 0 Å². The van der Waals surface area contributed by atoms with E-state index in [2.05, 4.69) is 25.5 Å². The monoisotopic (exact) mass is 470 g/mol. The highest BCUT2D eigenvalue weighted by Gasteiger charge is 2.48. The maximum atomic E-state index is 13.9. The average Bonchev–Trinajstić information content (AvgIpc) is 3.16. The lowest BCUT2D eigenvalue weighted by Gasteiger charge is -2.35. The molecule has 2 aliphatic rings. The quantitative estimate of drug-likeness (QED) is 0.587. The maximum absolute atomic E-state index is 13.9. The molecule has 1 saturated carbocycles. The summed E-state index contributed by atoms with van der Waals surface area (Å²) in [6, 6.07) is 10.1. The van der Waals surface area contributed by atoms with Gasteiger partial charge in [0.1, 0.15) is 22.9 Å². The molecule has 0 atom stereocenters. The molecule has 10 heteroatoms. The van der Waals surface area contributed by atoms with Crippen molar-refractivity contribution >= 4 is 30.1 Å². The van der Waals surface area contributed by atoms with E-state index in [-0.39, 0.29) is 24.3 Å². The summed E-state index contributed by atoms with van der Waals surface area (Å²) in [4.78, 5) is 22.4. The summed E-state index contributed by atoms with van der Waals surface area (Å²) in [6.07, 6.45) is 7.95. The van der Waals surface area contributed by atoms with Crippen LogP contribution >= 0.6 is 12.4 Å². The van der Waals surface area contributed by atoms with E-state index in [1.54, 1.807) is 41.7 Å². The lowest BCUT2D eigenvalue weighted by Crippen LogP contribution is -2.39. The summed E-state index contributed by atoms with van der Waals surface area (Å²) >= 11 is 0. The smallest absolute Gasteiger partial charge is 0.416 e. The Morgan fingerprint density at radius 1 is 1.12 bits per heavy atom. The van der Waals surface area contributed by atoms with Crippen LogP contribution in [0, 0.1) is 11.7 Å². The van der Waals surface area contributed by atoms with Crippen molar-refractivity contribution in [1.82, 2.24) is 20.2 Å². The van der Waals surface area contributed by atoms with E-state index in [1.807, 2.05) is 12.1 Å². The zero-order chi connectivity index (χ0) is 22.0. The van der Waals surface area contributed by atoms with Gasteiger partial charge in [-0.15, -0.1) is 17.5 Å². The predicted octanol–water partition coefficient (Wildman–Crippen LogP) is 4.49. The van der Waals surface area contributed by atoms with E-state index in [4.69, 9.17) is 4.74 Å². The fourth-order valence-corrected chi connectivity index (χ4v) is 4.39. The minimum Gasteiger partial charge on any atom is -0.441 e. The first-order valence-electron chi connectivity index (χ1n) is 10.7. The summed E-state index contributed by atoms with van der Waals surface area (Å²) in [5.74, 6) is 1.36. The molecule has 1 aliphatic carbocycles. The minimum absolute atomic E-state index is 0. The number of ether oxygens (including phenoxy) is 1. The molecule has 0 radical (unpaired) electrons. The van der Waals surface area contributed by atoms with Crippen LogP contribution in [0.4, 0.5) is 20.8 Å². The van der Waals surface area contributed by atoms with Gasteiger partial charge in [-0.1, -0.05) is 0 Å². The van der Waals surface area contributed by atoms with Gasteiger partial charge in [-0.3, -0.25) is 9.88 Å². The normalized spacial score (nSPS) is 22.0. The minimum atomic E-state index is -0.447. The van der Waals surface area contributed by atoms with Crippen LogP contribution < -0.4 is 10.2 Å². The van der Waals surface area contributed by atoms with Gasteiger partial charge < -0.3 is 10.1 Å². The van der Waals surface area contributed by atoms with Crippen LogP contribution in [0.3, 0.4) is 0 Å². The second-order valence-corrected chi connectivity index (χ2v) is 8.31. The molecule has 1 spiro atoms. The van der Waals surface area contributed by atoms with E-state index in [0.29, 0.717) is 29.5 Å². The first-order chi connectivity index (χ1) is 15.6. The number of nitrogens with one attached hydrogen (secondary N) is 1. The lowest BCUT2D eigenvalue weighted by molar-refractivity contribution is 0.0148. The van der Waals surface area contributed by atoms with Crippen LogP contribution in [0.25, 0.3) is 11.3 Å². The van der Waals surface area contributed by atoms with Crippen molar-refractivity contribution in [2.75, 3.05) is 23.3 Å². The fourth-order valence-electron chi connectivity index (χ4n) is 4.39. The molecule has 172 valence electrons. The zero-order valence-corrected chi connectivity index (χ0v) is 18.7. The van der Waals surface area contributed by atoms with E-state index in [9.17, 15) is 9.18 Å². The van der Waals surface area contributed by atoms with Gasteiger partial charge in [0.05, 0.1) is 6.54 Å². The molecule has 1 aliphatic heterocycles. The van der Waals surface area contributed by atoms with Crippen molar-refractivity contribution in [3.63, 3.8) is 0 Å². The molecule has 5 rings (SSSR count). The summed E-state index contributed by atoms with van der Waals surface area (Å²) in [5.41, 5.74) is 0.493. The fraction of sp³-hybridized carbons (Fsp3) is 0.348. The Morgan fingerprint density at radius 2 is 1.94 bits per heavy atom. The molecule has 3 aromatic rings. The third-order valence-electron chi connectivity index (χ3n) is 6.19. The molecule has 1 saturated heterocycles. The first-order valence-corrected chi connectivity index (χ1v) is 10.7. The largest absolute Gasteiger partial charge is 0.441 e. The number of hydrogen-bond acceptors (Lipinski definition) is 7. The Morgan fingerprint density at radius 3 is 2.64 bits per heavy atom. The summed E-state index contributed by atoms with van der Waals surface area (Å²) < 4.78 is 19.7. The van der Waals surface area contributed by atoms with Gasteiger partial charge >= 0.3 is 6.09 Å². The standard InChI is InChI=1S/C23H23FN6O2.ClH/c24-18-3-1-11-25-21(18)17-5-6-19(27-14-17)26-13-16-7-9-23(10-8-16)15-30(22(31)32-23)20-4-2-12-28-29-20;/h1-6,11-12,14,16H,7-10,13,15H2,(H,26,27);1H. The second-order valence-electron chi connectivity index (χ2n) is 8.31. The molecule has 33 heavy (non-hydrogen) atoms. The highest BCUT2D eigenvalue weighted by molar-refractivity contribution is 5.89. The Kier molecular flexibility index (Phi) is 6.69. The lowest BCUT2D eigenvalue weighted by atomic mass is 9.78. The highest BCUT2D eigenvalue weighted by atomic mass is 35.5. The van der Waals surface area contributed by atoms with Crippen molar-refractivity contribution in [3.8, 4) is 11.3 Å². The first kappa shape index (κ1) is 22.8. The molecule has 0 bridgehead atoms. The second kappa shape index (κ2) is 9.66. The van der Waals surface area contributed by atoms with Crippen LogP contribution in [-0.2, 0) is 4.74 Å². The van der Waals surface area contributed by atoms with E-state index in [0.717, 1.165) is 38.0 Å². The Balaban J connectivity index is 0.00000259. The Hall–Kier alpha value is -3.33. The molecule has 3 aromatic heterocycles. The Bertz CT molecular complexity index is 1090. The number of anilines is 2. The Labute approximate surface area is 197 Å². The van der Waals surface area contributed by atoms with Crippen molar-refractivity contribution in [2.24, 2.45) is 5.92 Å². The van der Waals surface area contributed by atoms with Gasteiger partial charge in [-0.25, -0.2) is 14.2 Å². The zero-order valence-electron chi connectivity index (χ0n) is 17.9. The van der Waals surface area contributed by atoms with Crippen molar-refractivity contribution < 1.29 is 13.9 Å². The van der Waals surface area contributed by atoms with Gasteiger partial charge in [0, 0.05) is 30.7 Å². The van der Waals surface area contributed by atoms with E-state index < -0.39 is 5.60 Å². The average molecular weight is 471 g/mol. The third-order valence-corrected chi connectivity index (χ3v) is 6.19. The molecular formula is C23H24ClFN6O2. The van der Waals surface area contributed by atoms with Crippen molar-refractivity contribution in [1.29, 1.82) is 0 Å². The van der Waals surface area contributed by atoms with Gasteiger partial charge in [0.15, 0.2) is 5.82 Å². The number of nitrogens with zero attached hydrogens (tertiary/aromatic N) is 5. The molecule has 4 heterocycles. The number of hydrogen-bond donors (Lipinski definition) is 1. The number of aromatic nitrogens is 4. The van der Waals surface area contributed by atoms with Crippen LogP contribution in [0.1, 0.15) is 25.7 Å². The summed E-state index contributed by atoms with van der Waals surface area (Å²) in [5, 5.41) is 11.3. The predicted molar refractivity (Wildman–Crippen MR) is 124 cm³/mol. The number of carbonyl (C=O) groups is 1. The maximum Gasteiger partial charge on any atom is 0.416 e. The number of amides is 1. The molecule has 8 nitrogen and oxygen atoms in total. The number of halogens is 2. The van der Waals surface area contributed by atoms with Gasteiger partial charge in [-0.2, -0.15) is 5.10 Å². The number of carbonyl (C=O) groups excluding carboxylic acids is 1. The SMILES string of the molecule is Cl.O=C1OC2(CCC(CNc3ccc(-c4ncccc4F)cn3)CC2)CN1c1cccnn1. The van der Waals surface area contributed by atoms with Crippen LogP contribution in [0.5, 0.6) is 0 Å². The number of rotatable bonds is 5. The molecule has 0 unspecified atom stereocenters. The molecule has 1 N–H and O–H groups in total. The van der Waals surface area contributed by atoms with Gasteiger partial charge in [0.2, 0.25) is 0 Å². The number of pyridine rings is 2. The van der Waals surface area contributed by atoms with Crippen molar-refractivity contribution in [2.45, 2.75) is 31.3 Å². The molecule has 2 fully saturated rings. The van der Waals surface area contributed by atoms with Gasteiger partial charge in [-0.05, 0) is 68.0 Å². The molecule has 1 amide bonds. The van der Waals surface area contributed by atoms with Crippen molar-refractivity contribution in [3.05, 3.63) is 60.8 Å². The highest BCUT2D eigenvalue weighted by Crippen LogP contribution is 2.40. The topological polar surface area (TPSA) is 93.1 Å². The summed E-state index contributed by atoms with van der Waals surface area (Å²) in [6.45, 7) is 1.29. The van der Waals surface area contributed by atoms with Crippen LogP contribution in [-0.4, -0.2) is 44.9 Å². The van der Waals surface area contributed by atoms with E-state index in [1.165, 1.54) is 6.07 Å². The molecular weight excluding hydrogens is 447 g/mol. The van der Waals surface area contributed by atoms with Gasteiger partial charge in [0.25, 0.3) is 0 Å². The molecule has 0 aromatic carbocycles. The van der Waals surface area contributed by atoms with Crippen LogP contribution in [0.15, 0.2) is 55.0 Å². The van der Waals surface area contributed by atoms with E-state index >= 15 is 0 Å². The summed E-state index contributed by atoms with van der Waals surface area (Å²) in [7, 11) is 0.